The van der Waals surface area contributed by atoms with E-state index in [0.717, 1.165) is 44.1 Å². The largest absolute Gasteiger partial charge is 0.377 e. The van der Waals surface area contributed by atoms with E-state index in [1.54, 1.807) is 36.1 Å². The number of aromatic nitrogens is 5. The maximum atomic E-state index is 15.6. The topological polar surface area (TPSA) is 105 Å². The van der Waals surface area contributed by atoms with E-state index in [1.807, 2.05) is 13.0 Å². The molecule has 2 fully saturated rings. The van der Waals surface area contributed by atoms with Crippen molar-refractivity contribution in [3.63, 3.8) is 0 Å². The Morgan fingerprint density at radius 2 is 2.02 bits per heavy atom. The van der Waals surface area contributed by atoms with Crippen LogP contribution in [0.25, 0.3) is 39.2 Å². The highest BCUT2D eigenvalue weighted by molar-refractivity contribution is 5.86. The van der Waals surface area contributed by atoms with Gasteiger partial charge in [-0.15, -0.1) is 0 Å². The number of hydrogen-bond donors (Lipinski definition) is 1. The maximum absolute atomic E-state index is 15.6. The summed E-state index contributed by atoms with van der Waals surface area (Å²) in [6.45, 7) is 4.99. The summed E-state index contributed by atoms with van der Waals surface area (Å²) in [6.07, 6.45) is 7.64. The average Bonchev–Trinajstić information content (AvgIpc) is 3.68. The highest BCUT2D eigenvalue weighted by atomic mass is 19.1. The van der Waals surface area contributed by atoms with Crippen molar-refractivity contribution >= 4 is 10.9 Å². The molecule has 1 atom stereocenters. The average molecular weight is 596 g/mol. The number of rotatable bonds is 6. The third-order valence-corrected chi connectivity index (χ3v) is 8.39. The van der Waals surface area contributed by atoms with Crippen LogP contribution in [0.2, 0.25) is 0 Å². The Balaban J connectivity index is 1.37. The molecular formula is C33H31F2N7O2. The minimum atomic E-state index is -0.746. The number of ether oxygens (including phenoxy) is 1. The normalized spacial score (nSPS) is 17.6. The quantitative estimate of drug-likeness (QED) is 0.281. The van der Waals surface area contributed by atoms with Gasteiger partial charge in [-0.2, -0.15) is 5.26 Å². The molecule has 1 saturated carbocycles. The molecule has 2 aliphatic rings. The first kappa shape index (κ1) is 28.1. The van der Waals surface area contributed by atoms with Crippen molar-refractivity contribution in [1.82, 2.24) is 29.0 Å². The second-order valence-electron chi connectivity index (χ2n) is 11.8. The summed E-state index contributed by atoms with van der Waals surface area (Å²) >= 11 is 0. The van der Waals surface area contributed by atoms with Crippen LogP contribution >= 0.6 is 0 Å². The lowest BCUT2D eigenvalue weighted by atomic mass is 9.97. The number of aryl methyl sites for hydroxylation is 1. The van der Waals surface area contributed by atoms with Crippen LogP contribution in [0.5, 0.6) is 0 Å². The van der Waals surface area contributed by atoms with Crippen LogP contribution in [0.1, 0.15) is 49.1 Å². The van der Waals surface area contributed by atoms with Gasteiger partial charge < -0.3 is 14.3 Å². The first-order valence-corrected chi connectivity index (χ1v) is 14.8. The lowest BCUT2D eigenvalue weighted by molar-refractivity contribution is 0.0666. The number of nitrogens with one attached hydrogen (secondary N) is 1. The molecule has 4 aromatic heterocycles. The van der Waals surface area contributed by atoms with E-state index in [2.05, 4.69) is 20.9 Å². The fourth-order valence-corrected chi connectivity index (χ4v) is 6.14. The second kappa shape index (κ2) is 11.1. The van der Waals surface area contributed by atoms with E-state index >= 15 is 4.39 Å². The minimum Gasteiger partial charge on any atom is -0.377 e. The van der Waals surface area contributed by atoms with Crippen LogP contribution in [0, 0.1) is 23.0 Å². The Morgan fingerprint density at radius 3 is 2.77 bits per heavy atom. The molecule has 5 heterocycles. The molecule has 0 bridgehead atoms. The Morgan fingerprint density at radius 1 is 1.18 bits per heavy atom. The molecule has 11 heteroatoms. The smallest absolute Gasteiger partial charge is 0.280 e. The molecule has 1 aromatic carbocycles. The Kier molecular flexibility index (Phi) is 7.11. The number of nitriles is 1. The highest BCUT2D eigenvalue weighted by Crippen LogP contribution is 2.42. The van der Waals surface area contributed by atoms with Crippen molar-refractivity contribution in [1.29, 1.82) is 5.26 Å². The molecule has 1 aliphatic carbocycles. The summed E-state index contributed by atoms with van der Waals surface area (Å²) in [6, 6.07) is 9.63. The lowest BCUT2D eigenvalue weighted by Crippen LogP contribution is -2.29. The van der Waals surface area contributed by atoms with Gasteiger partial charge >= 0.3 is 0 Å². The maximum Gasteiger partial charge on any atom is 0.280 e. The van der Waals surface area contributed by atoms with Crippen molar-refractivity contribution in [3.05, 3.63) is 87.9 Å². The number of hydrogen-bond acceptors (Lipinski definition) is 6. The third-order valence-electron chi connectivity index (χ3n) is 8.39. The van der Waals surface area contributed by atoms with Crippen LogP contribution in [0.15, 0.2) is 53.7 Å². The van der Waals surface area contributed by atoms with Crippen molar-refractivity contribution < 1.29 is 13.5 Å². The number of pyridine rings is 2. The van der Waals surface area contributed by atoms with Crippen LogP contribution in [0.4, 0.5) is 8.78 Å². The summed E-state index contributed by atoms with van der Waals surface area (Å²) in [4.78, 5) is 28.7. The molecule has 0 spiro atoms. The molecule has 224 valence electrons. The molecule has 0 amide bonds. The molecule has 44 heavy (non-hydrogen) atoms. The Bertz CT molecular complexity index is 2000. The zero-order chi connectivity index (χ0) is 30.5. The molecule has 0 unspecified atom stereocenters. The van der Waals surface area contributed by atoms with Crippen molar-refractivity contribution in [2.24, 2.45) is 7.05 Å². The van der Waals surface area contributed by atoms with Crippen molar-refractivity contribution in [3.8, 4) is 34.4 Å². The molecule has 5 aromatic rings. The summed E-state index contributed by atoms with van der Waals surface area (Å²) < 4.78 is 38.9. The number of aromatic amines is 1. The minimum absolute atomic E-state index is 0.108. The van der Waals surface area contributed by atoms with Crippen LogP contribution in [-0.4, -0.2) is 54.8 Å². The number of benzene rings is 1. The van der Waals surface area contributed by atoms with Crippen molar-refractivity contribution in [2.45, 2.75) is 44.8 Å². The molecule has 1 N–H and O–H groups in total. The lowest BCUT2D eigenvalue weighted by Gasteiger charge is -2.20. The van der Waals surface area contributed by atoms with E-state index in [0.29, 0.717) is 46.7 Å². The fraction of sp³-hybridized carbons (Fsp3) is 0.333. The monoisotopic (exact) mass is 595 g/mol. The van der Waals surface area contributed by atoms with E-state index in [4.69, 9.17) is 9.72 Å². The van der Waals surface area contributed by atoms with Gasteiger partial charge in [-0.05, 0) is 56.0 Å². The molecule has 1 aliphatic heterocycles. The van der Waals surface area contributed by atoms with Crippen molar-refractivity contribution in [2.75, 3.05) is 19.7 Å². The van der Waals surface area contributed by atoms with Gasteiger partial charge in [-0.25, -0.2) is 18.7 Å². The number of imidazole rings is 1. The SMILES string of the molecule is C[C@H]1CN(Cc2cc3c(C#N)cn(-c4cc(-c5c(F)cc(F)cc5-c5nccn5C)cc(C5CC5)n4)c(=O)c3[nH]2)CCCO1. The predicted octanol–water partition coefficient (Wildman–Crippen LogP) is 5.42. The first-order valence-electron chi connectivity index (χ1n) is 14.8. The molecule has 0 radical (unpaired) electrons. The van der Waals surface area contributed by atoms with Gasteiger partial charge in [0.05, 0.1) is 11.7 Å². The van der Waals surface area contributed by atoms with Gasteiger partial charge in [0.15, 0.2) is 0 Å². The van der Waals surface area contributed by atoms with Crippen LogP contribution < -0.4 is 5.56 Å². The molecule has 9 nitrogen and oxygen atoms in total. The fourth-order valence-electron chi connectivity index (χ4n) is 6.14. The predicted molar refractivity (Wildman–Crippen MR) is 161 cm³/mol. The standard InChI is InChI=1S/C33H31F2N7O2/c1-19-16-41(7-3-9-44-19)18-24-14-25-22(15-36)17-42(33(43)31(25)38-24)29-11-21(10-28(39-29)20-4-5-20)30-26(12-23(34)13-27(30)35)32-37-6-8-40(32)2/h6,8,10-14,17,19-20,38H,3-5,7,9,16,18H2,1-2H3/t19-/m0/s1. The highest BCUT2D eigenvalue weighted by Gasteiger charge is 2.28. The number of halogens is 2. The summed E-state index contributed by atoms with van der Waals surface area (Å²) in [7, 11) is 1.76. The van der Waals surface area contributed by atoms with Gasteiger partial charge in [0.25, 0.3) is 5.56 Å². The summed E-state index contributed by atoms with van der Waals surface area (Å²) in [5.74, 6) is -0.632. The van der Waals surface area contributed by atoms with Gasteiger partial charge in [0.2, 0.25) is 0 Å². The number of H-pyrrole nitrogens is 1. The van der Waals surface area contributed by atoms with E-state index < -0.39 is 11.6 Å². The van der Waals surface area contributed by atoms with Gasteiger partial charge in [0, 0.05) is 91.8 Å². The van der Waals surface area contributed by atoms with Gasteiger partial charge in [-0.3, -0.25) is 14.3 Å². The molecule has 7 rings (SSSR count). The molecule has 1 saturated heterocycles. The van der Waals surface area contributed by atoms with E-state index in [-0.39, 0.29) is 34.5 Å². The molecular weight excluding hydrogens is 564 g/mol. The van der Waals surface area contributed by atoms with Crippen LogP contribution in [-0.2, 0) is 18.3 Å². The first-order chi connectivity index (χ1) is 21.3. The number of fused-ring (bicyclic) bond motifs is 1. The van der Waals surface area contributed by atoms with Gasteiger partial charge in [0.1, 0.15) is 34.9 Å². The summed E-state index contributed by atoms with van der Waals surface area (Å²) in [5, 5.41) is 10.6. The van der Waals surface area contributed by atoms with E-state index in [9.17, 15) is 14.4 Å². The van der Waals surface area contributed by atoms with E-state index in [1.165, 1.54) is 16.8 Å². The number of nitrogens with zero attached hydrogens (tertiary/aromatic N) is 6. The Hall–Kier alpha value is -4.66. The third kappa shape index (κ3) is 5.20. The zero-order valence-electron chi connectivity index (χ0n) is 24.5. The van der Waals surface area contributed by atoms with Gasteiger partial charge in [-0.1, -0.05) is 0 Å². The summed E-state index contributed by atoms with van der Waals surface area (Å²) in [5.41, 5.74) is 2.69. The Labute approximate surface area is 252 Å². The van der Waals surface area contributed by atoms with Crippen LogP contribution in [0.3, 0.4) is 0 Å². The zero-order valence-corrected chi connectivity index (χ0v) is 24.5. The second-order valence-corrected chi connectivity index (χ2v) is 11.8.